The molecule has 46 heavy (non-hydrogen) atoms. The van der Waals surface area contributed by atoms with Crippen LogP contribution in [0.3, 0.4) is 0 Å². The maximum Gasteiger partial charge on any atom is 0.264 e. The molecule has 0 unspecified atom stereocenters. The number of hydrogen-bond donors (Lipinski definition) is 0. The molecule has 0 saturated heterocycles. The Balaban J connectivity index is 3.06. The molecule has 0 aromatic carbocycles. The molecule has 0 saturated carbocycles. The monoisotopic (exact) mass is 671 g/mol. The van der Waals surface area contributed by atoms with E-state index in [0.717, 1.165) is 19.1 Å². The SMILES string of the molecule is CCCCCCCCCCCCCCCCCCCCCCCCCCCCCCCCCCCCCCCCCOS(C)(=O)=O. The molecule has 0 aliphatic rings. The van der Waals surface area contributed by atoms with Gasteiger partial charge in [0, 0.05) is 0 Å². The summed E-state index contributed by atoms with van der Waals surface area (Å²) < 4.78 is 26.6. The van der Waals surface area contributed by atoms with Crippen molar-refractivity contribution in [2.75, 3.05) is 12.9 Å². The van der Waals surface area contributed by atoms with E-state index < -0.39 is 10.1 Å². The fourth-order valence-corrected chi connectivity index (χ4v) is 7.35. The highest BCUT2D eigenvalue weighted by Gasteiger charge is 2.01. The minimum absolute atomic E-state index is 0.346. The Morgan fingerprint density at radius 1 is 0.283 bits per heavy atom. The van der Waals surface area contributed by atoms with E-state index in [9.17, 15) is 8.42 Å². The zero-order chi connectivity index (χ0) is 33.5. The molecule has 0 spiro atoms. The lowest BCUT2D eigenvalue weighted by atomic mass is 10.0. The molecule has 3 nitrogen and oxygen atoms in total. The van der Waals surface area contributed by atoms with Crippen LogP contribution < -0.4 is 0 Å². The van der Waals surface area contributed by atoms with E-state index in [1.54, 1.807) is 0 Å². The van der Waals surface area contributed by atoms with Crippen LogP contribution >= 0.6 is 0 Å². The lowest BCUT2D eigenvalue weighted by Crippen LogP contribution is -2.03. The fraction of sp³-hybridized carbons (Fsp3) is 1.00. The molecule has 0 N–H and O–H groups in total. The molecular weight excluding hydrogens is 585 g/mol. The van der Waals surface area contributed by atoms with Crippen molar-refractivity contribution in [3.8, 4) is 0 Å². The highest BCUT2D eigenvalue weighted by molar-refractivity contribution is 7.85. The molecule has 0 aliphatic heterocycles. The molecule has 0 heterocycles. The first-order valence-electron chi connectivity index (χ1n) is 21.4. The van der Waals surface area contributed by atoms with Gasteiger partial charge < -0.3 is 0 Å². The van der Waals surface area contributed by atoms with Gasteiger partial charge in [0.1, 0.15) is 0 Å². The minimum Gasteiger partial charge on any atom is -0.270 e. The molecule has 0 aliphatic carbocycles. The minimum atomic E-state index is -3.26. The van der Waals surface area contributed by atoms with Crippen LogP contribution in [0.15, 0.2) is 0 Å². The summed E-state index contributed by atoms with van der Waals surface area (Å²) in [5.41, 5.74) is 0. The Morgan fingerprint density at radius 2 is 0.435 bits per heavy atom. The Hall–Kier alpha value is -0.0900. The van der Waals surface area contributed by atoms with Crippen molar-refractivity contribution in [1.29, 1.82) is 0 Å². The second kappa shape index (κ2) is 39.3. The van der Waals surface area contributed by atoms with Gasteiger partial charge >= 0.3 is 0 Å². The van der Waals surface area contributed by atoms with Gasteiger partial charge in [-0.25, -0.2) is 0 Å². The smallest absolute Gasteiger partial charge is 0.264 e. The van der Waals surface area contributed by atoms with Gasteiger partial charge in [-0.05, 0) is 6.42 Å². The maximum atomic E-state index is 10.9. The van der Waals surface area contributed by atoms with Crippen LogP contribution in [0.25, 0.3) is 0 Å². The molecule has 4 heteroatoms. The summed E-state index contributed by atoms with van der Waals surface area (Å²) in [5, 5.41) is 0. The third-order valence-electron chi connectivity index (χ3n) is 10.0. The Labute approximate surface area is 292 Å². The quantitative estimate of drug-likeness (QED) is 0.0480. The molecule has 0 bridgehead atoms. The lowest BCUT2D eigenvalue weighted by molar-refractivity contribution is 0.309. The van der Waals surface area contributed by atoms with E-state index in [-0.39, 0.29) is 0 Å². The van der Waals surface area contributed by atoms with Gasteiger partial charge in [0.2, 0.25) is 0 Å². The molecule has 0 amide bonds. The first kappa shape index (κ1) is 45.9. The predicted octanol–water partition coefficient (Wildman–Crippen LogP) is 15.2. The van der Waals surface area contributed by atoms with Crippen molar-refractivity contribution in [2.45, 2.75) is 257 Å². The third kappa shape index (κ3) is 43.9. The van der Waals surface area contributed by atoms with Crippen LogP contribution in [0.5, 0.6) is 0 Å². The highest BCUT2D eigenvalue weighted by atomic mass is 32.2. The van der Waals surface area contributed by atoms with Crippen molar-refractivity contribution in [2.24, 2.45) is 0 Å². The first-order valence-corrected chi connectivity index (χ1v) is 23.2. The van der Waals surface area contributed by atoms with Crippen molar-refractivity contribution in [1.82, 2.24) is 0 Å². The van der Waals surface area contributed by atoms with Crippen LogP contribution in [0.2, 0.25) is 0 Å². The van der Waals surface area contributed by atoms with E-state index in [4.69, 9.17) is 4.18 Å². The Bertz CT molecular complexity index is 647. The van der Waals surface area contributed by atoms with Crippen molar-refractivity contribution < 1.29 is 12.6 Å². The van der Waals surface area contributed by atoms with Crippen molar-refractivity contribution in [3.05, 3.63) is 0 Å². The molecule has 0 aromatic rings. The molecule has 0 atom stereocenters. The van der Waals surface area contributed by atoms with Gasteiger partial charge in [-0.1, -0.05) is 251 Å². The fourth-order valence-electron chi connectivity index (χ4n) is 6.93. The zero-order valence-electron chi connectivity index (χ0n) is 31.9. The second-order valence-electron chi connectivity index (χ2n) is 15.0. The van der Waals surface area contributed by atoms with Gasteiger partial charge in [0.15, 0.2) is 0 Å². The number of hydrogen-bond acceptors (Lipinski definition) is 3. The third-order valence-corrected chi connectivity index (χ3v) is 10.6. The van der Waals surface area contributed by atoms with Crippen LogP contribution in [-0.4, -0.2) is 21.3 Å². The average Bonchev–Trinajstić information content (AvgIpc) is 3.03. The highest BCUT2D eigenvalue weighted by Crippen LogP contribution is 2.17. The van der Waals surface area contributed by atoms with Crippen LogP contribution in [-0.2, 0) is 14.3 Å². The molecule has 0 aromatic heterocycles. The van der Waals surface area contributed by atoms with Crippen LogP contribution in [0.4, 0.5) is 0 Å². The average molecular weight is 671 g/mol. The van der Waals surface area contributed by atoms with E-state index in [2.05, 4.69) is 6.92 Å². The normalized spacial score (nSPS) is 12.0. The lowest BCUT2D eigenvalue weighted by Gasteiger charge is -2.05. The summed E-state index contributed by atoms with van der Waals surface area (Å²) in [6, 6.07) is 0. The number of rotatable bonds is 41. The van der Waals surface area contributed by atoms with E-state index in [1.807, 2.05) is 0 Å². The first-order chi connectivity index (χ1) is 22.6. The molecule has 0 radical (unpaired) electrons. The summed E-state index contributed by atoms with van der Waals surface area (Å²) in [4.78, 5) is 0. The van der Waals surface area contributed by atoms with Gasteiger partial charge in [-0.3, -0.25) is 4.18 Å². The van der Waals surface area contributed by atoms with Crippen molar-refractivity contribution >= 4 is 10.1 Å². The van der Waals surface area contributed by atoms with Crippen molar-refractivity contribution in [3.63, 3.8) is 0 Å². The summed E-state index contributed by atoms with van der Waals surface area (Å²) in [6.07, 6.45) is 56.4. The van der Waals surface area contributed by atoms with Gasteiger partial charge in [0.05, 0.1) is 12.9 Å². The molecular formula is C42H86O3S. The largest absolute Gasteiger partial charge is 0.270 e. The standard InChI is InChI=1S/C42H86O3S/c1-3-4-5-6-7-8-9-10-11-12-13-14-15-16-17-18-19-20-21-22-23-24-25-26-27-28-29-30-31-32-33-34-35-36-37-38-39-40-41-42-45-46(2,43)44/h3-42H2,1-2H3. The van der Waals surface area contributed by atoms with Crippen LogP contribution in [0.1, 0.15) is 257 Å². The zero-order valence-corrected chi connectivity index (χ0v) is 32.7. The molecule has 278 valence electrons. The predicted molar refractivity (Wildman–Crippen MR) is 207 cm³/mol. The molecule has 0 fully saturated rings. The topological polar surface area (TPSA) is 43.4 Å². The summed E-state index contributed by atoms with van der Waals surface area (Å²) in [5.74, 6) is 0. The van der Waals surface area contributed by atoms with E-state index >= 15 is 0 Å². The van der Waals surface area contributed by atoms with E-state index in [1.165, 1.54) is 238 Å². The summed E-state index contributed by atoms with van der Waals surface area (Å²) >= 11 is 0. The van der Waals surface area contributed by atoms with Gasteiger partial charge in [-0.15, -0.1) is 0 Å². The van der Waals surface area contributed by atoms with E-state index in [0.29, 0.717) is 6.61 Å². The summed E-state index contributed by atoms with van der Waals surface area (Å²) in [6.45, 7) is 2.65. The summed E-state index contributed by atoms with van der Waals surface area (Å²) in [7, 11) is -3.26. The van der Waals surface area contributed by atoms with Crippen LogP contribution in [0, 0.1) is 0 Å². The number of unbranched alkanes of at least 4 members (excludes halogenated alkanes) is 38. The Kier molecular flexibility index (Phi) is 39.3. The second-order valence-corrected chi connectivity index (χ2v) is 16.6. The Morgan fingerprint density at radius 3 is 0.587 bits per heavy atom. The maximum absolute atomic E-state index is 10.9. The molecule has 0 rings (SSSR count). The van der Waals surface area contributed by atoms with Gasteiger partial charge in [-0.2, -0.15) is 8.42 Å². The van der Waals surface area contributed by atoms with Gasteiger partial charge in [0.25, 0.3) is 10.1 Å².